The van der Waals surface area contributed by atoms with Crippen molar-refractivity contribution in [1.82, 2.24) is 19.8 Å². The van der Waals surface area contributed by atoms with Gasteiger partial charge in [-0.15, -0.1) is 15.3 Å². The fourth-order valence-electron chi connectivity index (χ4n) is 0.992. The molecule has 0 atom stereocenters. The first-order valence-corrected chi connectivity index (χ1v) is 4.11. The average Bonchev–Trinajstić information content (AvgIpc) is 2.47. The number of nitrogens with zero attached hydrogens (tertiary/aromatic N) is 5. The van der Waals surface area contributed by atoms with Gasteiger partial charge in [0, 0.05) is 14.1 Å². The Bertz CT molecular complexity index is 435. The van der Waals surface area contributed by atoms with Gasteiger partial charge in [-0.3, -0.25) is 0 Å². The van der Waals surface area contributed by atoms with Gasteiger partial charge in [0.05, 0.1) is 0 Å². The smallest absolute Gasteiger partial charge is 0.246 e. The van der Waals surface area contributed by atoms with Gasteiger partial charge < -0.3 is 4.90 Å². The zero-order chi connectivity index (χ0) is 9.42. The summed E-state index contributed by atoms with van der Waals surface area (Å²) in [6, 6.07) is 3.68. The number of anilines is 1. The third kappa shape index (κ3) is 1.31. The van der Waals surface area contributed by atoms with Crippen LogP contribution in [-0.2, 0) is 0 Å². The molecule has 6 heteroatoms. The van der Waals surface area contributed by atoms with E-state index in [1.165, 1.54) is 4.52 Å². The summed E-state index contributed by atoms with van der Waals surface area (Å²) in [6.07, 6.45) is 0. The minimum Gasteiger partial charge on any atom is -0.361 e. The number of halogens is 1. The maximum absolute atomic E-state index is 5.76. The summed E-state index contributed by atoms with van der Waals surface area (Å²) < 4.78 is 1.50. The first-order valence-electron chi connectivity index (χ1n) is 3.74. The molecule has 2 aromatic rings. The van der Waals surface area contributed by atoms with Crippen LogP contribution in [0.4, 0.5) is 5.82 Å². The van der Waals surface area contributed by atoms with Gasteiger partial charge in [-0.2, -0.15) is 4.52 Å². The van der Waals surface area contributed by atoms with Crippen molar-refractivity contribution in [1.29, 1.82) is 0 Å². The van der Waals surface area contributed by atoms with Crippen molar-refractivity contribution in [3.05, 3.63) is 17.4 Å². The summed E-state index contributed by atoms with van der Waals surface area (Å²) >= 11 is 5.76. The molecule has 0 aromatic carbocycles. The second-order valence-corrected chi connectivity index (χ2v) is 3.16. The largest absolute Gasteiger partial charge is 0.361 e. The van der Waals surface area contributed by atoms with E-state index >= 15 is 0 Å². The van der Waals surface area contributed by atoms with E-state index in [1.54, 1.807) is 0 Å². The van der Waals surface area contributed by atoms with Crippen LogP contribution in [0, 0.1) is 0 Å². The molecule has 0 spiro atoms. The van der Waals surface area contributed by atoms with Crippen LogP contribution < -0.4 is 4.90 Å². The molecule has 5 nitrogen and oxygen atoms in total. The zero-order valence-electron chi connectivity index (χ0n) is 7.27. The molecule has 0 amide bonds. The molecule has 0 bridgehead atoms. The van der Waals surface area contributed by atoms with Gasteiger partial charge in [0.25, 0.3) is 0 Å². The highest BCUT2D eigenvalue weighted by atomic mass is 35.5. The predicted molar refractivity (Wildman–Crippen MR) is 50.1 cm³/mol. The molecule has 2 rings (SSSR count). The summed E-state index contributed by atoms with van der Waals surface area (Å²) in [5, 5.41) is 12.0. The van der Waals surface area contributed by atoms with Gasteiger partial charge in [0.15, 0.2) is 5.65 Å². The van der Waals surface area contributed by atoms with Crippen molar-refractivity contribution in [2.75, 3.05) is 19.0 Å². The fourth-order valence-corrected chi connectivity index (χ4v) is 1.15. The highest BCUT2D eigenvalue weighted by Gasteiger charge is 2.05. The molecule has 68 valence electrons. The van der Waals surface area contributed by atoms with Crippen LogP contribution >= 0.6 is 11.6 Å². The van der Waals surface area contributed by atoms with Crippen LogP contribution in [-0.4, -0.2) is 33.9 Å². The van der Waals surface area contributed by atoms with E-state index in [2.05, 4.69) is 15.3 Å². The van der Waals surface area contributed by atoms with Crippen LogP contribution in [0.3, 0.4) is 0 Å². The summed E-state index contributed by atoms with van der Waals surface area (Å²) in [6.45, 7) is 0. The molecule has 0 aliphatic carbocycles. The highest BCUT2D eigenvalue weighted by Crippen LogP contribution is 2.11. The summed E-state index contributed by atoms with van der Waals surface area (Å²) in [7, 11) is 3.82. The van der Waals surface area contributed by atoms with Crippen LogP contribution in [0.5, 0.6) is 0 Å². The molecule has 0 radical (unpaired) electrons. The molecule has 0 unspecified atom stereocenters. The minimum atomic E-state index is 0.277. The van der Waals surface area contributed by atoms with E-state index in [1.807, 2.05) is 31.1 Å². The Morgan fingerprint density at radius 2 is 2.08 bits per heavy atom. The number of aromatic nitrogens is 4. The maximum Gasteiger partial charge on any atom is 0.246 e. The van der Waals surface area contributed by atoms with Crippen molar-refractivity contribution in [3.8, 4) is 0 Å². The van der Waals surface area contributed by atoms with Crippen molar-refractivity contribution in [2.24, 2.45) is 0 Å². The SMILES string of the molecule is CN(C)c1ccc2nnc(Cl)n2n1. The van der Waals surface area contributed by atoms with E-state index in [9.17, 15) is 0 Å². The van der Waals surface area contributed by atoms with Crippen LogP contribution in [0.2, 0.25) is 5.28 Å². The molecular weight excluding hydrogens is 190 g/mol. The van der Waals surface area contributed by atoms with Gasteiger partial charge in [0.1, 0.15) is 5.82 Å². The quantitative estimate of drug-likeness (QED) is 0.680. The molecule has 0 saturated heterocycles. The Morgan fingerprint density at radius 3 is 2.77 bits per heavy atom. The Balaban J connectivity index is 2.66. The van der Waals surface area contributed by atoms with Gasteiger partial charge in [-0.1, -0.05) is 0 Å². The Kier molecular flexibility index (Phi) is 1.81. The van der Waals surface area contributed by atoms with E-state index in [4.69, 9.17) is 11.6 Å². The molecule has 2 aromatic heterocycles. The van der Waals surface area contributed by atoms with E-state index in [-0.39, 0.29) is 5.28 Å². The number of hydrogen-bond donors (Lipinski definition) is 0. The van der Waals surface area contributed by atoms with Crippen molar-refractivity contribution >= 4 is 23.1 Å². The van der Waals surface area contributed by atoms with Gasteiger partial charge >= 0.3 is 0 Å². The zero-order valence-corrected chi connectivity index (χ0v) is 8.02. The van der Waals surface area contributed by atoms with Crippen LogP contribution in [0.1, 0.15) is 0 Å². The normalized spacial score (nSPS) is 10.7. The first-order chi connectivity index (χ1) is 6.18. The lowest BCUT2D eigenvalue weighted by molar-refractivity contribution is 0.896. The lowest BCUT2D eigenvalue weighted by Crippen LogP contribution is -2.12. The average molecular weight is 198 g/mol. The molecule has 0 aliphatic heterocycles. The predicted octanol–water partition coefficient (Wildman–Crippen LogP) is 0.844. The molecule has 13 heavy (non-hydrogen) atoms. The lowest BCUT2D eigenvalue weighted by Gasteiger charge is -2.09. The van der Waals surface area contributed by atoms with Crippen LogP contribution in [0.25, 0.3) is 5.65 Å². The molecule has 0 aliphatic rings. The Hall–Kier alpha value is -1.36. The summed E-state index contributed by atoms with van der Waals surface area (Å²) in [5.74, 6) is 0.814. The van der Waals surface area contributed by atoms with E-state index in [0.717, 1.165) is 5.82 Å². The number of hydrogen-bond acceptors (Lipinski definition) is 4. The molecular formula is C7H8ClN5. The maximum atomic E-state index is 5.76. The van der Waals surface area contributed by atoms with E-state index in [0.29, 0.717) is 5.65 Å². The standard InChI is InChI=1S/C7H8ClN5/c1-12(2)6-4-3-5-9-10-7(8)13(5)11-6/h3-4H,1-2H3. The van der Waals surface area contributed by atoms with Gasteiger partial charge in [0.2, 0.25) is 5.28 Å². The highest BCUT2D eigenvalue weighted by molar-refractivity contribution is 6.28. The Labute approximate surface area is 79.9 Å². The third-order valence-electron chi connectivity index (χ3n) is 1.67. The molecule has 2 heterocycles. The second-order valence-electron chi connectivity index (χ2n) is 2.82. The van der Waals surface area contributed by atoms with Crippen molar-refractivity contribution < 1.29 is 0 Å². The monoisotopic (exact) mass is 197 g/mol. The Morgan fingerprint density at radius 1 is 1.31 bits per heavy atom. The van der Waals surface area contributed by atoms with Crippen molar-refractivity contribution in [3.63, 3.8) is 0 Å². The molecule has 0 saturated carbocycles. The number of fused-ring (bicyclic) bond motifs is 1. The fraction of sp³-hybridized carbons (Fsp3) is 0.286. The molecule has 0 N–H and O–H groups in total. The topological polar surface area (TPSA) is 46.3 Å². The van der Waals surface area contributed by atoms with Gasteiger partial charge in [-0.25, -0.2) is 0 Å². The third-order valence-corrected chi connectivity index (χ3v) is 1.90. The number of rotatable bonds is 1. The summed E-state index contributed by atoms with van der Waals surface area (Å²) in [5.41, 5.74) is 0.649. The lowest BCUT2D eigenvalue weighted by atomic mass is 10.5. The molecule has 0 fully saturated rings. The summed E-state index contributed by atoms with van der Waals surface area (Å²) in [4.78, 5) is 1.88. The first kappa shape index (κ1) is 8.25. The van der Waals surface area contributed by atoms with Gasteiger partial charge in [-0.05, 0) is 23.7 Å². The van der Waals surface area contributed by atoms with Crippen molar-refractivity contribution in [2.45, 2.75) is 0 Å². The minimum absolute atomic E-state index is 0.277. The van der Waals surface area contributed by atoms with Crippen LogP contribution in [0.15, 0.2) is 12.1 Å². The second kappa shape index (κ2) is 2.85. The van der Waals surface area contributed by atoms with E-state index < -0.39 is 0 Å².